The van der Waals surface area contributed by atoms with E-state index >= 15 is 0 Å². The van der Waals surface area contributed by atoms with Gasteiger partial charge in [0.25, 0.3) is 0 Å². The first kappa shape index (κ1) is 12.2. The van der Waals surface area contributed by atoms with Gasteiger partial charge >= 0.3 is 0 Å². The lowest BCUT2D eigenvalue weighted by Crippen LogP contribution is -2.02. The number of hydrogen-bond acceptors (Lipinski definition) is 1. The van der Waals surface area contributed by atoms with E-state index in [0.717, 1.165) is 12.8 Å². The first-order valence-electron chi connectivity index (χ1n) is 4.85. The van der Waals surface area contributed by atoms with Gasteiger partial charge < -0.3 is 4.74 Å². The van der Waals surface area contributed by atoms with Gasteiger partial charge in [-0.2, -0.15) is 0 Å². The highest BCUT2D eigenvalue weighted by molar-refractivity contribution is 6.17. The van der Waals surface area contributed by atoms with E-state index in [1.54, 1.807) is 0 Å². The minimum absolute atomic E-state index is 0.0864. The van der Waals surface area contributed by atoms with E-state index in [1.165, 1.54) is 12.1 Å². The lowest BCUT2D eigenvalue weighted by Gasteiger charge is -2.08. The molecule has 15 heavy (non-hydrogen) atoms. The van der Waals surface area contributed by atoms with Crippen LogP contribution in [-0.2, 0) is 5.88 Å². The van der Waals surface area contributed by atoms with Crippen molar-refractivity contribution >= 4 is 11.6 Å². The van der Waals surface area contributed by atoms with Crippen LogP contribution in [0.4, 0.5) is 8.78 Å². The number of hydrogen-bond donors (Lipinski definition) is 0. The van der Waals surface area contributed by atoms with Crippen molar-refractivity contribution in [3.8, 4) is 5.75 Å². The SMILES string of the molecule is CCCCOc1c(F)cc(CCl)cc1F. The molecule has 4 heteroatoms. The van der Waals surface area contributed by atoms with Crippen molar-refractivity contribution in [3.05, 3.63) is 29.3 Å². The molecule has 0 atom stereocenters. The molecule has 0 aliphatic carbocycles. The van der Waals surface area contributed by atoms with Crippen molar-refractivity contribution in [2.24, 2.45) is 0 Å². The summed E-state index contributed by atoms with van der Waals surface area (Å²) in [5.41, 5.74) is 0.412. The standard InChI is InChI=1S/C11H13ClF2O/c1-2-3-4-15-11-9(13)5-8(7-12)6-10(11)14/h5-6H,2-4,7H2,1H3. The van der Waals surface area contributed by atoms with Crippen molar-refractivity contribution < 1.29 is 13.5 Å². The second kappa shape index (κ2) is 5.91. The molecule has 0 unspecified atom stereocenters. The molecule has 0 bridgehead atoms. The number of unbranched alkanes of at least 4 members (excludes halogenated alkanes) is 1. The molecule has 0 saturated heterocycles. The third-order valence-electron chi connectivity index (χ3n) is 1.96. The Hall–Kier alpha value is -0.830. The fourth-order valence-corrected chi connectivity index (χ4v) is 1.30. The summed E-state index contributed by atoms with van der Waals surface area (Å²) in [6.45, 7) is 2.30. The second-order valence-electron chi connectivity index (χ2n) is 3.22. The normalized spacial score (nSPS) is 10.4. The molecule has 0 radical (unpaired) electrons. The van der Waals surface area contributed by atoms with Crippen LogP contribution in [-0.4, -0.2) is 6.61 Å². The quantitative estimate of drug-likeness (QED) is 0.555. The topological polar surface area (TPSA) is 9.23 Å². The van der Waals surface area contributed by atoms with E-state index < -0.39 is 11.6 Å². The molecule has 0 saturated carbocycles. The van der Waals surface area contributed by atoms with Gasteiger partial charge in [-0.1, -0.05) is 13.3 Å². The van der Waals surface area contributed by atoms with Crippen LogP contribution in [0.25, 0.3) is 0 Å². The molecule has 0 fully saturated rings. The smallest absolute Gasteiger partial charge is 0.190 e. The van der Waals surface area contributed by atoms with Crippen LogP contribution >= 0.6 is 11.6 Å². The average molecular weight is 235 g/mol. The molecular weight excluding hydrogens is 222 g/mol. The van der Waals surface area contributed by atoms with E-state index in [9.17, 15) is 8.78 Å². The van der Waals surface area contributed by atoms with E-state index in [2.05, 4.69) is 0 Å². The fourth-order valence-electron chi connectivity index (χ4n) is 1.15. The summed E-state index contributed by atoms with van der Waals surface area (Å²) < 4.78 is 31.6. The molecule has 0 spiro atoms. The maximum absolute atomic E-state index is 13.3. The molecule has 0 aliphatic heterocycles. The first-order valence-corrected chi connectivity index (χ1v) is 5.39. The van der Waals surface area contributed by atoms with E-state index in [1.807, 2.05) is 6.92 Å². The lowest BCUT2D eigenvalue weighted by atomic mass is 10.2. The summed E-state index contributed by atoms with van der Waals surface area (Å²) in [5.74, 6) is -1.61. The molecule has 1 aromatic rings. The highest BCUT2D eigenvalue weighted by Gasteiger charge is 2.11. The average Bonchev–Trinajstić information content (AvgIpc) is 2.22. The Labute approximate surface area is 93.0 Å². The van der Waals surface area contributed by atoms with Gasteiger partial charge in [0.1, 0.15) is 0 Å². The van der Waals surface area contributed by atoms with E-state index in [4.69, 9.17) is 16.3 Å². The van der Waals surface area contributed by atoms with Crippen molar-refractivity contribution in [2.45, 2.75) is 25.6 Å². The highest BCUT2D eigenvalue weighted by atomic mass is 35.5. The highest BCUT2D eigenvalue weighted by Crippen LogP contribution is 2.24. The van der Waals surface area contributed by atoms with Gasteiger partial charge in [-0.3, -0.25) is 0 Å². The van der Waals surface area contributed by atoms with Gasteiger partial charge in [0.15, 0.2) is 17.4 Å². The van der Waals surface area contributed by atoms with Crippen LogP contribution in [0.3, 0.4) is 0 Å². The summed E-state index contributed by atoms with van der Waals surface area (Å²) in [4.78, 5) is 0. The van der Waals surface area contributed by atoms with E-state index in [0.29, 0.717) is 12.2 Å². The molecule has 0 aliphatic rings. The Bertz CT molecular complexity index is 305. The summed E-state index contributed by atoms with van der Waals surface area (Å²) >= 11 is 5.48. The molecule has 1 nitrogen and oxygen atoms in total. The van der Waals surface area contributed by atoms with Gasteiger partial charge in [-0.15, -0.1) is 11.6 Å². The summed E-state index contributed by atoms with van der Waals surface area (Å²) in [6, 6.07) is 2.38. The third kappa shape index (κ3) is 3.34. The largest absolute Gasteiger partial charge is 0.488 e. The Morgan fingerprint density at radius 1 is 1.27 bits per heavy atom. The molecule has 84 valence electrons. The molecule has 0 aromatic heterocycles. The molecule has 0 heterocycles. The number of ether oxygens (including phenoxy) is 1. The molecule has 1 aromatic carbocycles. The Morgan fingerprint density at radius 3 is 2.33 bits per heavy atom. The maximum atomic E-state index is 13.3. The van der Waals surface area contributed by atoms with Gasteiger partial charge in [-0.25, -0.2) is 8.78 Å². The summed E-state index contributed by atoms with van der Waals surface area (Å²) in [6.07, 6.45) is 1.69. The number of benzene rings is 1. The van der Waals surface area contributed by atoms with Crippen molar-refractivity contribution in [2.75, 3.05) is 6.61 Å². The van der Waals surface area contributed by atoms with Crippen molar-refractivity contribution in [1.29, 1.82) is 0 Å². The van der Waals surface area contributed by atoms with Gasteiger partial charge in [0.2, 0.25) is 0 Å². The molecule has 1 rings (SSSR count). The van der Waals surface area contributed by atoms with Gasteiger partial charge in [0.05, 0.1) is 6.61 Å². The summed E-state index contributed by atoms with van der Waals surface area (Å²) in [7, 11) is 0. The van der Waals surface area contributed by atoms with Crippen LogP contribution in [0.15, 0.2) is 12.1 Å². The zero-order valence-electron chi connectivity index (χ0n) is 8.53. The van der Waals surface area contributed by atoms with Crippen LogP contribution in [0.1, 0.15) is 25.3 Å². The van der Waals surface area contributed by atoms with Gasteiger partial charge in [0, 0.05) is 5.88 Å². The fraction of sp³-hybridized carbons (Fsp3) is 0.455. The molecular formula is C11H13ClF2O. The monoisotopic (exact) mass is 234 g/mol. The zero-order valence-corrected chi connectivity index (χ0v) is 9.28. The molecule has 0 amide bonds. The Morgan fingerprint density at radius 2 is 1.87 bits per heavy atom. The minimum Gasteiger partial charge on any atom is -0.488 e. The number of halogens is 3. The number of rotatable bonds is 5. The van der Waals surface area contributed by atoms with Crippen molar-refractivity contribution in [1.82, 2.24) is 0 Å². The zero-order chi connectivity index (χ0) is 11.3. The van der Waals surface area contributed by atoms with Crippen LogP contribution in [0, 0.1) is 11.6 Å². The van der Waals surface area contributed by atoms with Crippen molar-refractivity contribution in [3.63, 3.8) is 0 Å². The van der Waals surface area contributed by atoms with E-state index in [-0.39, 0.29) is 11.6 Å². The third-order valence-corrected chi connectivity index (χ3v) is 2.27. The predicted molar refractivity (Wildman–Crippen MR) is 56.3 cm³/mol. The van der Waals surface area contributed by atoms with Gasteiger partial charge in [-0.05, 0) is 24.1 Å². The Balaban J connectivity index is 2.79. The number of alkyl halides is 1. The lowest BCUT2D eigenvalue weighted by molar-refractivity contribution is 0.278. The predicted octanol–water partition coefficient (Wildman–Crippen LogP) is 3.88. The summed E-state index contributed by atoms with van der Waals surface area (Å²) in [5, 5.41) is 0. The Kier molecular flexibility index (Phi) is 4.82. The first-order chi connectivity index (χ1) is 7.19. The van der Waals surface area contributed by atoms with Crippen LogP contribution in [0.2, 0.25) is 0 Å². The maximum Gasteiger partial charge on any atom is 0.190 e. The second-order valence-corrected chi connectivity index (χ2v) is 3.49. The molecule has 0 N–H and O–H groups in total. The minimum atomic E-state index is -0.693. The van der Waals surface area contributed by atoms with Crippen LogP contribution in [0.5, 0.6) is 5.75 Å². The van der Waals surface area contributed by atoms with Crippen LogP contribution < -0.4 is 4.74 Å².